The van der Waals surface area contributed by atoms with Gasteiger partial charge in [-0.25, -0.2) is 0 Å². The second kappa shape index (κ2) is 5.76. The quantitative estimate of drug-likeness (QED) is 0.505. The average molecular weight is 281 g/mol. The fraction of sp³-hybridized carbons (Fsp3) is 0.389. The summed E-state index contributed by atoms with van der Waals surface area (Å²) in [5.74, 6) is 0.990. The van der Waals surface area contributed by atoms with Crippen LogP contribution in [0.4, 0.5) is 5.69 Å². The van der Waals surface area contributed by atoms with Crippen molar-refractivity contribution < 1.29 is 0 Å². The maximum atomic E-state index is 8.31. The molecular formula is C18H23N3. The highest BCUT2D eigenvalue weighted by Crippen LogP contribution is 2.40. The Morgan fingerprint density at radius 3 is 2.90 bits per heavy atom. The van der Waals surface area contributed by atoms with Gasteiger partial charge in [0.05, 0.1) is 0 Å². The number of unbranched alkanes of at least 4 members (excludes halogenated alkanes) is 1. The van der Waals surface area contributed by atoms with Crippen LogP contribution in [0.15, 0.2) is 36.4 Å². The molecular weight excluding hydrogens is 258 g/mol. The van der Waals surface area contributed by atoms with E-state index in [1.807, 2.05) is 0 Å². The van der Waals surface area contributed by atoms with E-state index in [0.29, 0.717) is 11.9 Å². The first-order valence-electron chi connectivity index (χ1n) is 7.84. The molecule has 0 aliphatic carbocycles. The van der Waals surface area contributed by atoms with E-state index in [0.717, 1.165) is 25.9 Å². The molecule has 0 bridgehead atoms. The van der Waals surface area contributed by atoms with Gasteiger partial charge in [-0.15, -0.1) is 0 Å². The summed E-state index contributed by atoms with van der Waals surface area (Å²) >= 11 is 0. The molecule has 0 saturated heterocycles. The maximum Gasteiger partial charge on any atom is 0.195 e. The van der Waals surface area contributed by atoms with Gasteiger partial charge in [-0.1, -0.05) is 50.6 Å². The number of anilines is 1. The van der Waals surface area contributed by atoms with Gasteiger partial charge in [0.1, 0.15) is 0 Å². The predicted molar refractivity (Wildman–Crippen MR) is 90.3 cm³/mol. The molecule has 0 spiro atoms. The third-order valence-electron chi connectivity index (χ3n) is 4.28. The summed E-state index contributed by atoms with van der Waals surface area (Å²) in [6, 6.07) is 12.9. The number of nitrogens with one attached hydrogen (secondary N) is 2. The zero-order valence-electron chi connectivity index (χ0n) is 12.8. The lowest BCUT2D eigenvalue weighted by Crippen LogP contribution is -2.40. The summed E-state index contributed by atoms with van der Waals surface area (Å²) in [5, 5.41) is 14.2. The first-order valence-corrected chi connectivity index (χ1v) is 7.84. The molecule has 3 heteroatoms. The number of nitrogens with zero attached hydrogens (tertiary/aromatic N) is 1. The SMILES string of the molecule is CCCCNC(=N)N1CC(C)c2c1ccc1ccccc21. The molecule has 3 rings (SSSR count). The van der Waals surface area contributed by atoms with Gasteiger partial charge in [0.15, 0.2) is 5.96 Å². The monoisotopic (exact) mass is 281 g/mol. The van der Waals surface area contributed by atoms with Crippen LogP contribution in [0.25, 0.3) is 10.8 Å². The number of hydrogen-bond donors (Lipinski definition) is 2. The van der Waals surface area contributed by atoms with Crippen molar-refractivity contribution in [2.24, 2.45) is 0 Å². The first kappa shape index (κ1) is 13.9. The molecule has 0 radical (unpaired) electrons. The number of benzene rings is 2. The standard InChI is InChI=1S/C18H23N3/c1-3-4-11-20-18(19)21-12-13(2)17-15-8-6-5-7-14(15)9-10-16(17)21/h5-10,13H,3-4,11-12H2,1-2H3,(H2,19,20). The number of fused-ring (bicyclic) bond motifs is 3. The molecule has 0 fully saturated rings. The Kier molecular flexibility index (Phi) is 3.82. The number of guanidine groups is 1. The van der Waals surface area contributed by atoms with Crippen molar-refractivity contribution >= 4 is 22.4 Å². The van der Waals surface area contributed by atoms with Crippen LogP contribution >= 0.6 is 0 Å². The summed E-state index contributed by atoms with van der Waals surface area (Å²) in [6.45, 7) is 6.19. The third-order valence-corrected chi connectivity index (χ3v) is 4.28. The Hall–Kier alpha value is -2.03. The molecule has 21 heavy (non-hydrogen) atoms. The second-order valence-electron chi connectivity index (χ2n) is 5.86. The Labute approximate surface area is 126 Å². The fourth-order valence-electron chi connectivity index (χ4n) is 3.19. The highest BCUT2D eigenvalue weighted by Gasteiger charge is 2.29. The Bertz CT molecular complexity index is 663. The minimum atomic E-state index is 0.458. The van der Waals surface area contributed by atoms with Gasteiger partial charge in [0.25, 0.3) is 0 Å². The molecule has 1 unspecified atom stereocenters. The molecule has 2 aromatic rings. The van der Waals surface area contributed by atoms with E-state index < -0.39 is 0 Å². The number of hydrogen-bond acceptors (Lipinski definition) is 1. The average Bonchev–Trinajstić information content (AvgIpc) is 2.85. The van der Waals surface area contributed by atoms with E-state index in [1.54, 1.807) is 0 Å². The van der Waals surface area contributed by atoms with Gasteiger partial charge in [0, 0.05) is 24.7 Å². The summed E-state index contributed by atoms with van der Waals surface area (Å²) in [7, 11) is 0. The van der Waals surface area contributed by atoms with Gasteiger partial charge in [0.2, 0.25) is 0 Å². The van der Waals surface area contributed by atoms with Crippen LogP contribution < -0.4 is 10.2 Å². The third kappa shape index (κ3) is 2.48. The van der Waals surface area contributed by atoms with Gasteiger partial charge in [-0.3, -0.25) is 5.41 Å². The van der Waals surface area contributed by atoms with Gasteiger partial charge < -0.3 is 10.2 Å². The van der Waals surface area contributed by atoms with Crippen LogP contribution in [0.2, 0.25) is 0 Å². The summed E-state index contributed by atoms with van der Waals surface area (Å²) in [6.07, 6.45) is 2.26. The molecule has 1 heterocycles. The number of rotatable bonds is 3. The van der Waals surface area contributed by atoms with Gasteiger partial charge in [-0.2, -0.15) is 0 Å². The van der Waals surface area contributed by atoms with Crippen molar-refractivity contribution in [1.82, 2.24) is 5.32 Å². The molecule has 1 atom stereocenters. The maximum absolute atomic E-state index is 8.31. The molecule has 0 aromatic heterocycles. The zero-order chi connectivity index (χ0) is 14.8. The van der Waals surface area contributed by atoms with Crippen molar-refractivity contribution in [2.75, 3.05) is 18.0 Å². The fourth-order valence-corrected chi connectivity index (χ4v) is 3.19. The smallest absolute Gasteiger partial charge is 0.195 e. The Morgan fingerprint density at radius 1 is 1.29 bits per heavy atom. The van der Waals surface area contributed by atoms with Crippen LogP contribution in [0, 0.1) is 5.41 Å². The minimum Gasteiger partial charge on any atom is -0.356 e. The van der Waals surface area contributed by atoms with E-state index >= 15 is 0 Å². The first-order chi connectivity index (χ1) is 10.2. The summed E-state index contributed by atoms with van der Waals surface area (Å²) < 4.78 is 0. The second-order valence-corrected chi connectivity index (χ2v) is 5.86. The zero-order valence-corrected chi connectivity index (χ0v) is 12.8. The molecule has 1 aliphatic heterocycles. The van der Waals surface area contributed by atoms with Crippen molar-refractivity contribution in [3.05, 3.63) is 42.0 Å². The van der Waals surface area contributed by atoms with E-state index in [4.69, 9.17) is 5.41 Å². The van der Waals surface area contributed by atoms with Crippen molar-refractivity contribution in [3.8, 4) is 0 Å². The Morgan fingerprint density at radius 2 is 2.10 bits per heavy atom. The molecule has 0 amide bonds. The highest BCUT2D eigenvalue weighted by molar-refractivity contribution is 6.01. The summed E-state index contributed by atoms with van der Waals surface area (Å²) in [4.78, 5) is 2.11. The lowest BCUT2D eigenvalue weighted by Gasteiger charge is -2.21. The topological polar surface area (TPSA) is 39.1 Å². The van der Waals surface area contributed by atoms with Crippen LogP contribution in [0.5, 0.6) is 0 Å². The normalized spacial score (nSPS) is 17.0. The lowest BCUT2D eigenvalue weighted by atomic mass is 9.96. The molecule has 3 nitrogen and oxygen atoms in total. The molecule has 110 valence electrons. The highest BCUT2D eigenvalue weighted by atomic mass is 15.3. The van der Waals surface area contributed by atoms with Gasteiger partial charge in [-0.05, 0) is 28.8 Å². The van der Waals surface area contributed by atoms with Crippen LogP contribution in [-0.4, -0.2) is 19.0 Å². The Balaban J connectivity index is 1.93. The molecule has 0 saturated carbocycles. The van der Waals surface area contributed by atoms with E-state index in [9.17, 15) is 0 Å². The minimum absolute atomic E-state index is 0.458. The lowest BCUT2D eigenvalue weighted by molar-refractivity contribution is 0.735. The van der Waals surface area contributed by atoms with Gasteiger partial charge >= 0.3 is 0 Å². The largest absolute Gasteiger partial charge is 0.356 e. The van der Waals surface area contributed by atoms with Crippen LogP contribution in [0.1, 0.15) is 38.2 Å². The molecule has 2 aromatic carbocycles. The van der Waals surface area contributed by atoms with Crippen LogP contribution in [-0.2, 0) is 0 Å². The van der Waals surface area contributed by atoms with Crippen LogP contribution in [0.3, 0.4) is 0 Å². The van der Waals surface area contributed by atoms with Crippen molar-refractivity contribution in [3.63, 3.8) is 0 Å². The summed E-state index contributed by atoms with van der Waals surface area (Å²) in [5.41, 5.74) is 2.57. The molecule has 1 aliphatic rings. The van der Waals surface area contributed by atoms with E-state index in [2.05, 4.69) is 60.5 Å². The van der Waals surface area contributed by atoms with E-state index in [1.165, 1.54) is 22.0 Å². The molecule has 2 N–H and O–H groups in total. The predicted octanol–water partition coefficient (Wildman–Crippen LogP) is 4.09. The van der Waals surface area contributed by atoms with Crippen molar-refractivity contribution in [2.45, 2.75) is 32.6 Å². The van der Waals surface area contributed by atoms with E-state index in [-0.39, 0.29) is 0 Å². The van der Waals surface area contributed by atoms with Crippen molar-refractivity contribution in [1.29, 1.82) is 5.41 Å².